The van der Waals surface area contributed by atoms with Gasteiger partial charge in [-0.25, -0.2) is 0 Å². The van der Waals surface area contributed by atoms with Crippen molar-refractivity contribution in [2.45, 2.75) is 130 Å². The van der Waals surface area contributed by atoms with E-state index < -0.39 is 26.7 Å². The van der Waals surface area contributed by atoms with Crippen molar-refractivity contribution in [2.24, 2.45) is 5.92 Å². The summed E-state index contributed by atoms with van der Waals surface area (Å²) >= 11 is 0. The zero-order chi connectivity index (χ0) is 29.0. The molecule has 0 amide bonds. The number of hydrogen-bond donors (Lipinski definition) is 0. The van der Waals surface area contributed by atoms with Crippen LogP contribution >= 0.6 is 0 Å². The smallest absolute Gasteiger partial charge is 0.393 e. The Balaban J connectivity index is 2.55. The predicted molar refractivity (Wildman–Crippen MR) is 152 cm³/mol. The van der Waals surface area contributed by atoms with Crippen LogP contribution in [0.1, 0.15) is 119 Å². The highest BCUT2D eigenvalue weighted by Gasteiger charge is 2.49. The van der Waals surface area contributed by atoms with Crippen molar-refractivity contribution in [3.8, 4) is 0 Å². The Bertz CT molecular complexity index is 627. The maximum absolute atomic E-state index is 12.0. The standard InChI is InChI=1S/C29H56O9Si/c1-7-32-29(33-8-2,34-9-3)23-19-17-15-13-14-16-18-20-26(22-21-25-24-27(30)38-28(25)31)39(35-10-4,36-11-5)37-12-6/h25-26H,7-24H2,1-6H3. The van der Waals surface area contributed by atoms with Crippen LogP contribution in [0.3, 0.4) is 0 Å². The van der Waals surface area contributed by atoms with Crippen LogP contribution in [0, 0.1) is 5.92 Å². The summed E-state index contributed by atoms with van der Waals surface area (Å²) in [5, 5.41) is 0. The number of rotatable bonds is 26. The molecule has 0 spiro atoms. The van der Waals surface area contributed by atoms with Crippen LogP contribution in [0.2, 0.25) is 5.54 Å². The lowest BCUT2D eigenvalue weighted by molar-refractivity contribution is -0.380. The lowest BCUT2D eigenvalue weighted by Gasteiger charge is -2.35. The third-order valence-electron chi connectivity index (χ3n) is 6.99. The van der Waals surface area contributed by atoms with Gasteiger partial charge < -0.3 is 32.2 Å². The second kappa shape index (κ2) is 20.9. The largest absolute Gasteiger partial charge is 0.504 e. The SMILES string of the molecule is CCOC(CCCCCCCCCC(CCC1CC(=O)OC1=O)[Si](OCC)(OCC)OCC)(OCC)OCC. The van der Waals surface area contributed by atoms with E-state index in [1.807, 2.05) is 41.5 Å². The second-order valence-corrected chi connectivity index (χ2v) is 12.8. The van der Waals surface area contributed by atoms with Gasteiger partial charge >= 0.3 is 20.7 Å². The van der Waals surface area contributed by atoms with E-state index in [-0.39, 0.29) is 17.9 Å². The van der Waals surface area contributed by atoms with E-state index in [4.69, 9.17) is 32.2 Å². The monoisotopic (exact) mass is 576 g/mol. The molecule has 1 saturated heterocycles. The number of cyclic esters (lactones) is 2. The fourth-order valence-electron chi connectivity index (χ4n) is 5.34. The topological polar surface area (TPSA) is 98.8 Å². The quantitative estimate of drug-likeness (QED) is 0.0373. The Morgan fingerprint density at radius 2 is 1.21 bits per heavy atom. The summed E-state index contributed by atoms with van der Waals surface area (Å²) in [6.07, 6.45) is 10.9. The number of hydrogen-bond acceptors (Lipinski definition) is 9. The molecule has 0 aromatic carbocycles. The van der Waals surface area contributed by atoms with Crippen LogP contribution in [0.25, 0.3) is 0 Å². The maximum atomic E-state index is 12.0. The number of carbonyl (C=O) groups is 2. The fourth-order valence-corrected chi connectivity index (χ4v) is 8.58. The molecule has 10 heteroatoms. The van der Waals surface area contributed by atoms with Gasteiger partial charge in [-0.3, -0.25) is 9.59 Å². The van der Waals surface area contributed by atoms with Crippen molar-refractivity contribution in [3.05, 3.63) is 0 Å². The molecule has 0 aromatic heterocycles. The Morgan fingerprint density at radius 3 is 1.64 bits per heavy atom. The molecule has 1 aliphatic rings. The first-order valence-corrected chi connectivity index (χ1v) is 17.2. The van der Waals surface area contributed by atoms with Crippen LogP contribution in [-0.4, -0.2) is 66.4 Å². The van der Waals surface area contributed by atoms with E-state index >= 15 is 0 Å². The van der Waals surface area contributed by atoms with Crippen molar-refractivity contribution in [1.82, 2.24) is 0 Å². The summed E-state index contributed by atoms with van der Waals surface area (Å²) in [4.78, 5) is 23.6. The van der Waals surface area contributed by atoms with Gasteiger partial charge in [-0.1, -0.05) is 38.5 Å². The molecule has 9 nitrogen and oxygen atoms in total. The first-order chi connectivity index (χ1) is 18.9. The molecule has 0 N–H and O–H groups in total. The van der Waals surface area contributed by atoms with Crippen molar-refractivity contribution < 1.29 is 41.8 Å². The Labute approximate surface area is 238 Å². The fraction of sp³-hybridized carbons (Fsp3) is 0.931. The molecule has 1 aliphatic heterocycles. The van der Waals surface area contributed by atoms with Crippen LogP contribution in [0.4, 0.5) is 0 Å². The van der Waals surface area contributed by atoms with Crippen LogP contribution in [0.5, 0.6) is 0 Å². The number of carbonyl (C=O) groups excluding carboxylic acids is 2. The molecular weight excluding hydrogens is 520 g/mol. The first-order valence-electron chi connectivity index (χ1n) is 15.4. The minimum absolute atomic E-state index is 0.0877. The second-order valence-electron chi connectivity index (χ2n) is 9.87. The molecule has 0 bridgehead atoms. The molecule has 0 aromatic rings. The minimum atomic E-state index is -2.93. The predicted octanol–water partition coefficient (Wildman–Crippen LogP) is 6.55. The zero-order valence-corrected chi connectivity index (χ0v) is 26.6. The summed E-state index contributed by atoms with van der Waals surface area (Å²) in [5.74, 6) is -2.11. The van der Waals surface area contributed by atoms with E-state index in [1.54, 1.807) is 0 Å². The molecule has 0 saturated carbocycles. The van der Waals surface area contributed by atoms with Crippen molar-refractivity contribution in [2.75, 3.05) is 39.6 Å². The molecule has 2 unspecified atom stereocenters. The Morgan fingerprint density at radius 1 is 0.718 bits per heavy atom. The summed E-state index contributed by atoms with van der Waals surface area (Å²) < 4.78 is 40.9. The molecular formula is C29H56O9Si. The van der Waals surface area contributed by atoms with Gasteiger partial charge in [-0.2, -0.15) is 0 Å². The average Bonchev–Trinajstić information content (AvgIpc) is 3.22. The molecule has 39 heavy (non-hydrogen) atoms. The highest BCUT2D eigenvalue weighted by Crippen LogP contribution is 2.37. The Kier molecular flexibility index (Phi) is 19.4. The number of ether oxygens (including phenoxy) is 4. The van der Waals surface area contributed by atoms with E-state index in [0.29, 0.717) is 46.1 Å². The van der Waals surface area contributed by atoms with Gasteiger partial charge in [0.1, 0.15) is 0 Å². The zero-order valence-electron chi connectivity index (χ0n) is 25.6. The van der Waals surface area contributed by atoms with E-state index in [0.717, 1.165) is 57.8 Å². The lowest BCUT2D eigenvalue weighted by atomic mass is 9.98. The highest BCUT2D eigenvalue weighted by atomic mass is 28.4. The molecule has 1 heterocycles. The highest BCUT2D eigenvalue weighted by molar-refractivity contribution is 6.62. The lowest BCUT2D eigenvalue weighted by Crippen LogP contribution is -2.50. The van der Waals surface area contributed by atoms with Gasteiger partial charge in [0.2, 0.25) is 0 Å². The summed E-state index contributed by atoms with van der Waals surface area (Å²) in [5.41, 5.74) is 0.0877. The Hall–Kier alpha value is -0.883. The third kappa shape index (κ3) is 13.1. The molecule has 1 rings (SSSR count). The molecule has 230 valence electrons. The van der Waals surface area contributed by atoms with Gasteiger partial charge in [0, 0.05) is 51.6 Å². The van der Waals surface area contributed by atoms with E-state index in [2.05, 4.69) is 0 Å². The normalized spacial score (nSPS) is 17.1. The van der Waals surface area contributed by atoms with Gasteiger partial charge in [0.15, 0.2) is 0 Å². The van der Waals surface area contributed by atoms with E-state index in [9.17, 15) is 9.59 Å². The summed E-state index contributed by atoms with van der Waals surface area (Å²) in [7, 11) is -2.93. The molecule has 2 atom stereocenters. The third-order valence-corrected chi connectivity index (χ3v) is 10.6. The van der Waals surface area contributed by atoms with Gasteiger partial charge in [-0.15, -0.1) is 0 Å². The van der Waals surface area contributed by atoms with Crippen LogP contribution in [-0.2, 0) is 41.8 Å². The molecule has 1 fully saturated rings. The summed E-state index contributed by atoms with van der Waals surface area (Å²) in [6, 6.07) is 0. The maximum Gasteiger partial charge on any atom is 0.504 e. The number of esters is 2. The minimum Gasteiger partial charge on any atom is -0.393 e. The molecule has 0 radical (unpaired) electrons. The van der Waals surface area contributed by atoms with Crippen LogP contribution < -0.4 is 0 Å². The average molecular weight is 577 g/mol. The van der Waals surface area contributed by atoms with Gasteiger partial charge in [0.25, 0.3) is 5.97 Å². The van der Waals surface area contributed by atoms with E-state index in [1.165, 1.54) is 6.42 Å². The van der Waals surface area contributed by atoms with Crippen molar-refractivity contribution >= 4 is 20.7 Å². The first kappa shape index (κ1) is 36.1. The van der Waals surface area contributed by atoms with Gasteiger partial charge in [0.05, 0.1) is 12.3 Å². The van der Waals surface area contributed by atoms with Crippen molar-refractivity contribution in [3.63, 3.8) is 0 Å². The van der Waals surface area contributed by atoms with Crippen molar-refractivity contribution in [1.29, 1.82) is 0 Å². The molecule has 0 aliphatic carbocycles. The summed E-state index contributed by atoms with van der Waals surface area (Å²) in [6.45, 7) is 15.0. The number of unbranched alkanes of at least 4 members (excludes halogenated alkanes) is 6. The van der Waals surface area contributed by atoms with Crippen LogP contribution in [0.15, 0.2) is 0 Å². The van der Waals surface area contributed by atoms with Gasteiger partial charge in [-0.05, 0) is 67.2 Å².